The lowest BCUT2D eigenvalue weighted by Gasteiger charge is -2.15. The zero-order valence-corrected chi connectivity index (χ0v) is 30.2. The monoisotopic (exact) mass is 896 g/mol. The van der Waals surface area contributed by atoms with Crippen LogP contribution in [-0.4, -0.2) is 58.2 Å². The molecule has 288 valence electrons. The lowest BCUT2D eigenvalue weighted by molar-refractivity contribution is -0.275. The molecule has 0 aliphatic carbocycles. The van der Waals surface area contributed by atoms with E-state index in [2.05, 4.69) is 55.5 Å². The maximum absolute atomic E-state index is 13.7. The second-order valence-electron chi connectivity index (χ2n) is 9.34. The number of methoxy groups -OCH3 is 4. The molecule has 1 N–H and O–H groups in total. The first-order valence-electron chi connectivity index (χ1n) is 13.7. The first-order valence-corrected chi connectivity index (χ1v) is 15.3. The number of hydrogen-bond donors (Lipinski definition) is 1. The van der Waals surface area contributed by atoms with Crippen molar-refractivity contribution in [2.24, 2.45) is 0 Å². The number of alkyl halides is 6. The molecule has 0 heterocycles. The predicted octanol–water partition coefficient (Wildman–Crippen LogP) is 9.89. The average molecular weight is 898 g/mol. The number of phenolic OH excluding ortho intramolecular Hbond substituents is 1. The van der Waals surface area contributed by atoms with E-state index in [-0.39, 0.29) is 43.3 Å². The van der Waals surface area contributed by atoms with E-state index < -0.39 is 59.2 Å². The van der Waals surface area contributed by atoms with E-state index in [4.69, 9.17) is 14.6 Å². The molecule has 0 aromatic heterocycles. The Morgan fingerprint density at radius 3 is 1.51 bits per heavy atom. The molecule has 21 heteroatoms. The van der Waals surface area contributed by atoms with Gasteiger partial charge >= 0.3 is 24.7 Å². The standard InChI is InChI=1S/C16H11BrF4O5.C8H5BrF2O2.C8H7F3O3/c1-23-14-5-8(26-16(19,20)21)3-4-12(14)25-13-7-10(17)11(18)6-9(13)15(22)24-2;1-13-8(12)4-2-7(11)5(9)3-6(4)10;1-13-7-4-5(2-3-6(7)12)14-8(9,10)11/h3-7H,1-2H3;2-3H,1H3;2-4,12H,1H3. The fraction of sp³-hybridized carbons (Fsp3) is 0.188. The van der Waals surface area contributed by atoms with Gasteiger partial charge in [0.25, 0.3) is 0 Å². The lowest BCUT2D eigenvalue weighted by Crippen LogP contribution is -2.17. The number of esters is 2. The lowest BCUT2D eigenvalue weighted by atomic mass is 10.2. The van der Waals surface area contributed by atoms with Gasteiger partial charge in [0.1, 0.15) is 40.3 Å². The Morgan fingerprint density at radius 2 is 1.02 bits per heavy atom. The van der Waals surface area contributed by atoms with E-state index in [0.717, 1.165) is 68.8 Å². The SMILES string of the molecule is COC(=O)c1cc(F)c(Br)cc1F.COC(=O)c1cc(F)c(Br)cc1Oc1ccc(OC(F)(F)F)cc1OC.COc1cc(OC(F)(F)F)ccc1O. The van der Waals surface area contributed by atoms with Gasteiger partial charge in [0, 0.05) is 12.1 Å². The molecule has 4 rings (SSSR count). The molecule has 4 aromatic rings. The van der Waals surface area contributed by atoms with Gasteiger partial charge in [-0.2, -0.15) is 0 Å². The van der Waals surface area contributed by atoms with Crippen LogP contribution in [0.1, 0.15) is 20.7 Å². The summed E-state index contributed by atoms with van der Waals surface area (Å²) in [7, 11) is 4.64. The van der Waals surface area contributed by atoms with Crippen molar-refractivity contribution in [1.82, 2.24) is 0 Å². The van der Waals surface area contributed by atoms with E-state index in [0.29, 0.717) is 0 Å². The smallest absolute Gasteiger partial charge is 0.504 e. The quantitative estimate of drug-likeness (QED) is 0.104. The number of phenols is 1. The highest BCUT2D eigenvalue weighted by Crippen LogP contribution is 2.39. The average Bonchev–Trinajstić information content (AvgIpc) is 3.08. The van der Waals surface area contributed by atoms with Gasteiger partial charge in [-0.1, -0.05) is 0 Å². The summed E-state index contributed by atoms with van der Waals surface area (Å²) < 4.78 is 143. The van der Waals surface area contributed by atoms with Crippen LogP contribution in [0.15, 0.2) is 69.6 Å². The third-order valence-corrected chi connectivity index (χ3v) is 7.03. The van der Waals surface area contributed by atoms with E-state index in [9.17, 15) is 49.1 Å². The number of carbonyl (C=O) groups is 2. The number of ether oxygens (including phenoxy) is 7. The summed E-state index contributed by atoms with van der Waals surface area (Å²) >= 11 is 5.75. The minimum atomic E-state index is -4.87. The van der Waals surface area contributed by atoms with Gasteiger partial charge in [-0.3, -0.25) is 0 Å². The molecule has 0 spiro atoms. The van der Waals surface area contributed by atoms with E-state index in [1.165, 1.54) is 20.3 Å². The van der Waals surface area contributed by atoms with Crippen molar-refractivity contribution in [2.45, 2.75) is 12.7 Å². The fourth-order valence-corrected chi connectivity index (χ4v) is 4.21. The number of benzene rings is 4. The normalized spacial score (nSPS) is 10.8. The highest BCUT2D eigenvalue weighted by molar-refractivity contribution is 9.10. The van der Waals surface area contributed by atoms with Crippen LogP contribution >= 0.6 is 31.9 Å². The molecule has 0 atom stereocenters. The molecule has 0 amide bonds. The first kappa shape index (κ1) is 44.1. The molecule has 53 heavy (non-hydrogen) atoms. The summed E-state index contributed by atoms with van der Waals surface area (Å²) in [5.74, 6) is -5.50. The minimum absolute atomic E-state index is 0.0103. The summed E-state index contributed by atoms with van der Waals surface area (Å²) in [6.45, 7) is 0. The second-order valence-corrected chi connectivity index (χ2v) is 11.0. The summed E-state index contributed by atoms with van der Waals surface area (Å²) in [5, 5.41) is 9.07. The van der Waals surface area contributed by atoms with Crippen LogP contribution in [-0.2, 0) is 9.47 Å². The van der Waals surface area contributed by atoms with E-state index >= 15 is 0 Å². The summed E-state index contributed by atoms with van der Waals surface area (Å²) in [5.41, 5.74) is -0.630. The number of carbonyl (C=O) groups excluding carboxylic acids is 2. The van der Waals surface area contributed by atoms with Crippen LogP contribution in [0.2, 0.25) is 0 Å². The Balaban J connectivity index is 0.000000303. The molecular formula is C32H23Br2F9O10. The zero-order chi connectivity index (χ0) is 40.3. The van der Waals surface area contributed by atoms with Crippen molar-refractivity contribution in [1.29, 1.82) is 0 Å². The van der Waals surface area contributed by atoms with Crippen LogP contribution < -0.4 is 23.7 Å². The Morgan fingerprint density at radius 1 is 0.566 bits per heavy atom. The van der Waals surface area contributed by atoms with E-state index in [1.807, 2.05) is 0 Å². The highest BCUT2D eigenvalue weighted by Gasteiger charge is 2.32. The molecule has 0 radical (unpaired) electrons. The van der Waals surface area contributed by atoms with Crippen molar-refractivity contribution in [2.75, 3.05) is 28.4 Å². The number of halogens is 11. The van der Waals surface area contributed by atoms with Crippen LogP contribution in [0.3, 0.4) is 0 Å². The summed E-state index contributed by atoms with van der Waals surface area (Å²) in [6.07, 6.45) is -9.62. The molecule has 4 aromatic carbocycles. The number of aromatic hydroxyl groups is 1. The van der Waals surface area contributed by atoms with Gasteiger partial charge in [-0.15, -0.1) is 26.3 Å². The Labute approximate surface area is 310 Å². The van der Waals surface area contributed by atoms with Crippen molar-refractivity contribution < 1.29 is 87.4 Å². The molecule has 0 aliphatic heterocycles. The minimum Gasteiger partial charge on any atom is -0.504 e. The van der Waals surface area contributed by atoms with Gasteiger partial charge in [-0.25, -0.2) is 22.8 Å². The molecule has 0 fully saturated rings. The third kappa shape index (κ3) is 13.8. The second kappa shape index (κ2) is 19.1. The predicted molar refractivity (Wildman–Crippen MR) is 172 cm³/mol. The van der Waals surface area contributed by atoms with Crippen molar-refractivity contribution in [3.8, 4) is 40.2 Å². The largest absolute Gasteiger partial charge is 0.573 e. The zero-order valence-electron chi connectivity index (χ0n) is 27.1. The molecule has 0 aliphatic rings. The molecule has 0 bridgehead atoms. The molecule has 10 nitrogen and oxygen atoms in total. The van der Waals surface area contributed by atoms with Crippen molar-refractivity contribution >= 4 is 43.8 Å². The van der Waals surface area contributed by atoms with Gasteiger partial charge in [0.05, 0.1) is 42.9 Å². The van der Waals surface area contributed by atoms with Crippen LogP contribution in [0.5, 0.6) is 40.2 Å². The maximum atomic E-state index is 13.7. The van der Waals surface area contributed by atoms with E-state index in [1.54, 1.807) is 0 Å². The van der Waals surface area contributed by atoms with Gasteiger partial charge in [0.2, 0.25) is 0 Å². The van der Waals surface area contributed by atoms with Gasteiger partial charge < -0.3 is 38.3 Å². The molecular weight excluding hydrogens is 875 g/mol. The first-order chi connectivity index (χ1) is 24.6. The maximum Gasteiger partial charge on any atom is 0.573 e. The molecule has 0 saturated carbocycles. The Hall–Kier alpha value is -5.05. The van der Waals surface area contributed by atoms with Crippen molar-refractivity contribution in [3.05, 3.63) is 98.2 Å². The van der Waals surface area contributed by atoms with Crippen LogP contribution in [0.25, 0.3) is 0 Å². The molecule has 0 unspecified atom stereocenters. The van der Waals surface area contributed by atoms with Crippen LogP contribution in [0.4, 0.5) is 39.5 Å². The highest BCUT2D eigenvalue weighted by atomic mass is 79.9. The molecule has 0 saturated heterocycles. The number of rotatable bonds is 8. The fourth-order valence-electron chi connectivity index (χ4n) is 3.57. The Bertz CT molecular complexity index is 1910. The van der Waals surface area contributed by atoms with Crippen molar-refractivity contribution in [3.63, 3.8) is 0 Å². The summed E-state index contributed by atoms with van der Waals surface area (Å²) in [6, 6.07) is 9.85. The third-order valence-electron chi connectivity index (χ3n) is 5.82. The van der Waals surface area contributed by atoms with Gasteiger partial charge in [0.15, 0.2) is 23.0 Å². The number of hydrogen-bond acceptors (Lipinski definition) is 10. The summed E-state index contributed by atoms with van der Waals surface area (Å²) in [4.78, 5) is 22.6. The Kier molecular flexibility index (Phi) is 15.9. The topological polar surface area (TPSA) is 119 Å². The van der Waals surface area contributed by atoms with Crippen LogP contribution in [0, 0.1) is 17.5 Å². The van der Waals surface area contributed by atoms with Gasteiger partial charge in [-0.05, 0) is 80.4 Å².